The lowest BCUT2D eigenvalue weighted by atomic mass is 10.1. The Bertz CT molecular complexity index is 1030. The molecule has 0 fully saturated rings. The van der Waals surface area contributed by atoms with Crippen LogP contribution in [0.25, 0.3) is 11.4 Å². The smallest absolute Gasteiger partial charge is 0.240 e. The number of nitrogens with one attached hydrogen (secondary N) is 2. The average Bonchev–Trinajstić information content (AvgIpc) is 3.01. The van der Waals surface area contributed by atoms with Crippen molar-refractivity contribution in [2.45, 2.75) is 13.1 Å². The quantitative estimate of drug-likeness (QED) is 0.660. The van der Waals surface area contributed by atoms with Gasteiger partial charge >= 0.3 is 0 Å². The molecule has 0 spiro atoms. The molecule has 2 N–H and O–H groups in total. The van der Waals surface area contributed by atoms with Crippen LogP contribution in [-0.2, 0) is 17.9 Å². The molecule has 2 aromatic carbocycles. The molecule has 0 aliphatic heterocycles. The summed E-state index contributed by atoms with van der Waals surface area (Å²) in [6.45, 7) is 0.362. The van der Waals surface area contributed by atoms with Gasteiger partial charge in [-0.05, 0) is 54.2 Å². The van der Waals surface area contributed by atoms with Gasteiger partial charge in [0.05, 0.1) is 11.6 Å². The highest BCUT2D eigenvalue weighted by Gasteiger charge is 2.12. The normalized spacial score (nSPS) is 10.3. The van der Waals surface area contributed by atoms with Gasteiger partial charge in [-0.25, -0.2) is 0 Å². The van der Waals surface area contributed by atoms with Gasteiger partial charge in [0.25, 0.3) is 0 Å². The van der Waals surface area contributed by atoms with Gasteiger partial charge in [-0.15, -0.1) is 0 Å². The summed E-state index contributed by atoms with van der Waals surface area (Å²) in [6, 6.07) is 16.3. The van der Waals surface area contributed by atoms with Crippen LogP contribution in [0.4, 0.5) is 0 Å². The van der Waals surface area contributed by atoms with Crippen LogP contribution in [0.2, 0.25) is 5.02 Å². The van der Waals surface area contributed by atoms with Gasteiger partial charge in [0.15, 0.2) is 10.6 Å². The van der Waals surface area contributed by atoms with Gasteiger partial charge in [-0.3, -0.25) is 14.5 Å². The molecule has 3 aromatic rings. The summed E-state index contributed by atoms with van der Waals surface area (Å²) in [5.74, 6) is 0.355. The molecule has 0 saturated heterocycles. The SMILES string of the molecule is N#Cc1cccc(CNC(=O)Cn2c(-c3ccc(Cl)cc3)n[nH]c2=S)c1. The number of hydrogen-bond acceptors (Lipinski definition) is 4. The molecule has 0 aliphatic rings. The molecular weight excluding hydrogens is 370 g/mol. The second kappa shape index (κ2) is 7.95. The summed E-state index contributed by atoms with van der Waals surface area (Å²) in [5, 5.41) is 19.3. The summed E-state index contributed by atoms with van der Waals surface area (Å²) in [5.41, 5.74) is 2.21. The monoisotopic (exact) mass is 383 g/mol. The molecular formula is C18H14ClN5OS. The fraction of sp³-hybridized carbons (Fsp3) is 0.111. The third kappa shape index (κ3) is 4.17. The van der Waals surface area contributed by atoms with E-state index in [1.54, 1.807) is 34.9 Å². The minimum absolute atomic E-state index is 0.0330. The summed E-state index contributed by atoms with van der Waals surface area (Å²) in [4.78, 5) is 12.3. The van der Waals surface area contributed by atoms with Crippen molar-refractivity contribution in [1.82, 2.24) is 20.1 Å². The van der Waals surface area contributed by atoms with Gasteiger partial charge < -0.3 is 5.32 Å². The van der Waals surface area contributed by atoms with E-state index in [0.717, 1.165) is 11.1 Å². The van der Waals surface area contributed by atoms with Crippen molar-refractivity contribution in [3.8, 4) is 17.5 Å². The Morgan fingerprint density at radius 3 is 2.81 bits per heavy atom. The van der Waals surface area contributed by atoms with Crippen molar-refractivity contribution in [3.63, 3.8) is 0 Å². The number of amides is 1. The largest absolute Gasteiger partial charge is 0.350 e. The van der Waals surface area contributed by atoms with Crippen molar-refractivity contribution >= 4 is 29.7 Å². The summed E-state index contributed by atoms with van der Waals surface area (Å²) in [6.07, 6.45) is 0. The summed E-state index contributed by atoms with van der Waals surface area (Å²) >= 11 is 11.1. The first-order valence-electron chi connectivity index (χ1n) is 7.73. The number of carbonyl (C=O) groups excluding carboxylic acids is 1. The predicted octanol–water partition coefficient (Wildman–Crippen LogP) is 3.45. The molecule has 0 bridgehead atoms. The van der Waals surface area contributed by atoms with E-state index < -0.39 is 0 Å². The standard InChI is InChI=1S/C18H14ClN5OS/c19-15-6-4-14(5-7-15)17-22-23-18(26)24(17)11-16(25)21-10-13-3-1-2-12(8-13)9-20/h1-8H,10-11H2,(H,21,25)(H,23,26). The number of carbonyl (C=O) groups is 1. The molecule has 3 rings (SSSR count). The first-order valence-corrected chi connectivity index (χ1v) is 8.52. The highest BCUT2D eigenvalue weighted by Crippen LogP contribution is 2.19. The van der Waals surface area contributed by atoms with Crippen molar-refractivity contribution in [1.29, 1.82) is 5.26 Å². The number of benzene rings is 2. The molecule has 1 aromatic heterocycles. The van der Waals surface area contributed by atoms with E-state index in [9.17, 15) is 4.79 Å². The number of hydrogen-bond donors (Lipinski definition) is 2. The highest BCUT2D eigenvalue weighted by molar-refractivity contribution is 7.71. The molecule has 0 saturated carbocycles. The zero-order chi connectivity index (χ0) is 18.5. The number of rotatable bonds is 5. The summed E-state index contributed by atoms with van der Waals surface area (Å²) < 4.78 is 1.98. The molecule has 26 heavy (non-hydrogen) atoms. The van der Waals surface area contributed by atoms with E-state index in [1.807, 2.05) is 18.2 Å². The van der Waals surface area contributed by atoms with Crippen molar-refractivity contribution in [3.05, 3.63) is 69.5 Å². The fourth-order valence-electron chi connectivity index (χ4n) is 2.43. The van der Waals surface area contributed by atoms with E-state index in [4.69, 9.17) is 29.1 Å². The topological polar surface area (TPSA) is 86.5 Å². The Balaban J connectivity index is 1.71. The lowest BCUT2D eigenvalue weighted by Crippen LogP contribution is -2.27. The molecule has 0 unspecified atom stereocenters. The number of nitriles is 1. The molecule has 130 valence electrons. The lowest BCUT2D eigenvalue weighted by molar-refractivity contribution is -0.121. The Labute approximate surface area is 160 Å². The fourth-order valence-corrected chi connectivity index (χ4v) is 2.76. The van der Waals surface area contributed by atoms with Gasteiger partial charge in [-0.1, -0.05) is 23.7 Å². The molecule has 0 aliphatic carbocycles. The first kappa shape index (κ1) is 17.9. The third-order valence-corrected chi connectivity index (χ3v) is 4.27. The minimum Gasteiger partial charge on any atom is -0.350 e. The number of nitrogens with zero attached hydrogens (tertiary/aromatic N) is 3. The maximum Gasteiger partial charge on any atom is 0.240 e. The van der Waals surface area contributed by atoms with E-state index in [1.165, 1.54) is 0 Å². The first-order chi connectivity index (χ1) is 12.6. The van der Waals surface area contributed by atoms with Crippen LogP contribution in [0.15, 0.2) is 48.5 Å². The zero-order valence-electron chi connectivity index (χ0n) is 13.6. The number of aromatic nitrogens is 3. The van der Waals surface area contributed by atoms with Gasteiger partial charge in [0.1, 0.15) is 6.54 Å². The summed E-state index contributed by atoms with van der Waals surface area (Å²) in [7, 11) is 0. The number of aromatic amines is 1. The Kier molecular flexibility index (Phi) is 5.46. The molecule has 6 nitrogen and oxygen atoms in total. The molecule has 0 atom stereocenters. The second-order valence-electron chi connectivity index (χ2n) is 5.53. The maximum absolute atomic E-state index is 12.3. The minimum atomic E-state index is -0.208. The van der Waals surface area contributed by atoms with Crippen LogP contribution in [0.3, 0.4) is 0 Å². The Morgan fingerprint density at radius 2 is 2.08 bits per heavy atom. The van der Waals surface area contributed by atoms with Crippen molar-refractivity contribution in [2.75, 3.05) is 0 Å². The molecule has 1 amide bonds. The highest BCUT2D eigenvalue weighted by atomic mass is 35.5. The maximum atomic E-state index is 12.3. The van der Waals surface area contributed by atoms with E-state index >= 15 is 0 Å². The molecule has 1 heterocycles. The van der Waals surface area contributed by atoms with Gasteiger partial charge in [0, 0.05) is 17.1 Å². The van der Waals surface area contributed by atoms with Crippen LogP contribution in [0.5, 0.6) is 0 Å². The van der Waals surface area contributed by atoms with Crippen LogP contribution in [0.1, 0.15) is 11.1 Å². The second-order valence-corrected chi connectivity index (χ2v) is 6.36. The van der Waals surface area contributed by atoms with E-state index in [0.29, 0.717) is 27.7 Å². The van der Waals surface area contributed by atoms with E-state index in [2.05, 4.69) is 21.6 Å². The van der Waals surface area contributed by atoms with Crippen LogP contribution in [-0.4, -0.2) is 20.7 Å². The Morgan fingerprint density at radius 1 is 1.31 bits per heavy atom. The average molecular weight is 384 g/mol. The van der Waals surface area contributed by atoms with Gasteiger partial charge in [-0.2, -0.15) is 10.4 Å². The Hall–Kier alpha value is -2.95. The van der Waals surface area contributed by atoms with Crippen LogP contribution >= 0.6 is 23.8 Å². The van der Waals surface area contributed by atoms with Gasteiger partial charge in [0.2, 0.25) is 5.91 Å². The van der Waals surface area contributed by atoms with Crippen LogP contribution in [0, 0.1) is 16.1 Å². The third-order valence-electron chi connectivity index (χ3n) is 3.71. The van der Waals surface area contributed by atoms with Crippen molar-refractivity contribution in [2.24, 2.45) is 0 Å². The molecule has 8 heteroatoms. The predicted molar refractivity (Wildman–Crippen MR) is 101 cm³/mol. The number of H-pyrrole nitrogens is 1. The van der Waals surface area contributed by atoms with E-state index in [-0.39, 0.29) is 12.5 Å². The lowest BCUT2D eigenvalue weighted by Gasteiger charge is -2.09. The zero-order valence-corrected chi connectivity index (χ0v) is 15.1. The number of halogens is 1. The van der Waals surface area contributed by atoms with Crippen molar-refractivity contribution < 1.29 is 4.79 Å². The molecule has 0 radical (unpaired) electrons. The van der Waals surface area contributed by atoms with Crippen LogP contribution < -0.4 is 5.32 Å².